The second-order valence-corrected chi connectivity index (χ2v) is 6.67. The first-order valence-corrected chi connectivity index (χ1v) is 8.30. The number of hydrogen-bond acceptors (Lipinski definition) is 2. The Morgan fingerprint density at radius 2 is 2.00 bits per heavy atom. The third kappa shape index (κ3) is 5.08. The fourth-order valence-electron chi connectivity index (χ4n) is 3.26. The summed E-state index contributed by atoms with van der Waals surface area (Å²) in [6.45, 7) is 10.1. The Bertz CT molecular complexity index is 416. The van der Waals surface area contributed by atoms with Crippen LogP contribution in [0.4, 0.5) is 4.39 Å². The molecule has 2 rings (SSSR count). The van der Waals surface area contributed by atoms with E-state index in [2.05, 4.69) is 31.0 Å². The highest BCUT2D eigenvalue weighted by molar-refractivity contribution is 5.16. The van der Waals surface area contributed by atoms with Gasteiger partial charge in [-0.05, 0) is 42.9 Å². The van der Waals surface area contributed by atoms with E-state index >= 15 is 0 Å². The van der Waals surface area contributed by atoms with Crippen LogP contribution in [-0.2, 0) is 6.42 Å². The monoisotopic (exact) mass is 292 g/mol. The van der Waals surface area contributed by atoms with Gasteiger partial charge in [-0.1, -0.05) is 32.9 Å². The van der Waals surface area contributed by atoms with E-state index in [-0.39, 0.29) is 5.82 Å². The van der Waals surface area contributed by atoms with Crippen molar-refractivity contribution in [3.05, 3.63) is 35.6 Å². The molecule has 1 fully saturated rings. The highest BCUT2D eigenvalue weighted by atomic mass is 19.1. The number of rotatable bonds is 6. The summed E-state index contributed by atoms with van der Waals surface area (Å²) in [5.74, 6) is 0.587. The predicted octanol–water partition coefficient (Wildman–Crippen LogP) is 3.47. The number of nitrogens with zero attached hydrogens (tertiary/aromatic N) is 1. The van der Waals surface area contributed by atoms with E-state index in [0.29, 0.717) is 12.1 Å². The van der Waals surface area contributed by atoms with E-state index in [4.69, 9.17) is 0 Å². The third-order valence-corrected chi connectivity index (χ3v) is 4.44. The predicted molar refractivity (Wildman–Crippen MR) is 87.0 cm³/mol. The van der Waals surface area contributed by atoms with Crippen LogP contribution in [0.1, 0.15) is 39.2 Å². The molecule has 2 atom stereocenters. The van der Waals surface area contributed by atoms with Crippen molar-refractivity contribution in [3.8, 4) is 0 Å². The smallest absolute Gasteiger partial charge is 0.123 e. The van der Waals surface area contributed by atoms with Crippen LogP contribution in [0.2, 0.25) is 0 Å². The molecule has 1 N–H and O–H groups in total. The topological polar surface area (TPSA) is 15.3 Å². The average Bonchev–Trinajstić information content (AvgIpc) is 2.46. The van der Waals surface area contributed by atoms with Gasteiger partial charge in [-0.15, -0.1) is 0 Å². The Morgan fingerprint density at radius 3 is 2.62 bits per heavy atom. The van der Waals surface area contributed by atoms with E-state index < -0.39 is 0 Å². The molecule has 0 aromatic heterocycles. The number of halogens is 1. The minimum atomic E-state index is -0.149. The van der Waals surface area contributed by atoms with Crippen LogP contribution in [0.3, 0.4) is 0 Å². The second kappa shape index (κ2) is 7.90. The molecule has 1 aromatic carbocycles. The van der Waals surface area contributed by atoms with Crippen LogP contribution >= 0.6 is 0 Å². The first kappa shape index (κ1) is 16.4. The maximum Gasteiger partial charge on any atom is 0.123 e. The molecule has 1 aliphatic rings. The fourth-order valence-corrected chi connectivity index (χ4v) is 3.26. The second-order valence-electron chi connectivity index (χ2n) is 6.67. The lowest BCUT2D eigenvalue weighted by atomic mass is 9.98. The van der Waals surface area contributed by atoms with Crippen molar-refractivity contribution < 1.29 is 4.39 Å². The molecule has 0 radical (unpaired) electrons. The van der Waals surface area contributed by atoms with Gasteiger partial charge < -0.3 is 5.32 Å². The van der Waals surface area contributed by atoms with Gasteiger partial charge in [0.2, 0.25) is 0 Å². The Morgan fingerprint density at radius 1 is 1.29 bits per heavy atom. The molecule has 0 aliphatic carbocycles. The van der Waals surface area contributed by atoms with Gasteiger partial charge in [0.1, 0.15) is 5.82 Å². The molecule has 1 heterocycles. The summed E-state index contributed by atoms with van der Waals surface area (Å²) in [5, 5.41) is 3.70. The van der Waals surface area contributed by atoms with Crippen LogP contribution in [0.5, 0.6) is 0 Å². The molecule has 0 spiro atoms. The minimum Gasteiger partial charge on any atom is -0.311 e. The minimum absolute atomic E-state index is 0.149. The Kier molecular flexibility index (Phi) is 6.19. The summed E-state index contributed by atoms with van der Waals surface area (Å²) in [6, 6.07) is 8.18. The largest absolute Gasteiger partial charge is 0.311 e. The molecule has 1 aromatic rings. The van der Waals surface area contributed by atoms with Gasteiger partial charge in [0, 0.05) is 31.7 Å². The zero-order chi connectivity index (χ0) is 15.2. The molecular weight excluding hydrogens is 263 g/mol. The summed E-state index contributed by atoms with van der Waals surface area (Å²) in [6.07, 6.45) is 3.43. The zero-order valence-electron chi connectivity index (χ0n) is 13.6. The fraction of sp³-hybridized carbons (Fsp3) is 0.667. The van der Waals surface area contributed by atoms with E-state index in [1.54, 1.807) is 12.1 Å². The van der Waals surface area contributed by atoms with Crippen LogP contribution in [-0.4, -0.2) is 36.6 Å². The molecule has 0 amide bonds. The lowest BCUT2D eigenvalue weighted by Crippen LogP contribution is -2.56. The highest BCUT2D eigenvalue weighted by Gasteiger charge is 2.26. The SMILES string of the molecule is CCC1CNC(CC(C)C)CN1CCc1ccc(F)cc1. The van der Waals surface area contributed by atoms with E-state index in [9.17, 15) is 4.39 Å². The Labute approximate surface area is 128 Å². The van der Waals surface area contributed by atoms with Gasteiger partial charge in [0.25, 0.3) is 0 Å². The summed E-state index contributed by atoms with van der Waals surface area (Å²) < 4.78 is 13.0. The first-order chi connectivity index (χ1) is 10.1. The van der Waals surface area contributed by atoms with Crippen molar-refractivity contribution in [2.45, 2.75) is 52.1 Å². The maximum atomic E-state index is 13.0. The molecule has 2 nitrogen and oxygen atoms in total. The average molecular weight is 292 g/mol. The van der Waals surface area contributed by atoms with Crippen LogP contribution < -0.4 is 5.32 Å². The lowest BCUT2D eigenvalue weighted by Gasteiger charge is -2.40. The summed E-state index contributed by atoms with van der Waals surface area (Å²) in [7, 11) is 0. The normalized spacial score (nSPS) is 23.7. The van der Waals surface area contributed by atoms with E-state index in [0.717, 1.165) is 32.0 Å². The van der Waals surface area contributed by atoms with Gasteiger partial charge >= 0.3 is 0 Å². The maximum absolute atomic E-state index is 13.0. The van der Waals surface area contributed by atoms with Gasteiger partial charge in [0.05, 0.1) is 0 Å². The van der Waals surface area contributed by atoms with Crippen LogP contribution in [0.25, 0.3) is 0 Å². The Balaban J connectivity index is 1.89. The third-order valence-electron chi connectivity index (χ3n) is 4.44. The summed E-state index contributed by atoms with van der Waals surface area (Å²) in [4.78, 5) is 2.62. The molecule has 1 saturated heterocycles. The van der Waals surface area contributed by atoms with Crippen molar-refractivity contribution in [3.63, 3.8) is 0 Å². The van der Waals surface area contributed by atoms with Gasteiger partial charge in [-0.3, -0.25) is 4.90 Å². The molecule has 3 heteroatoms. The molecule has 2 unspecified atom stereocenters. The van der Waals surface area contributed by atoms with Crippen LogP contribution in [0, 0.1) is 11.7 Å². The van der Waals surface area contributed by atoms with Crippen LogP contribution in [0.15, 0.2) is 24.3 Å². The lowest BCUT2D eigenvalue weighted by molar-refractivity contribution is 0.120. The van der Waals surface area contributed by atoms with Gasteiger partial charge in [-0.25, -0.2) is 4.39 Å². The quantitative estimate of drug-likeness (QED) is 0.863. The van der Waals surface area contributed by atoms with Crippen molar-refractivity contribution in [1.29, 1.82) is 0 Å². The van der Waals surface area contributed by atoms with Gasteiger partial charge in [0.15, 0.2) is 0 Å². The molecule has 0 bridgehead atoms. The van der Waals surface area contributed by atoms with Crippen molar-refractivity contribution in [2.75, 3.05) is 19.6 Å². The van der Waals surface area contributed by atoms with Crippen molar-refractivity contribution in [1.82, 2.24) is 10.2 Å². The summed E-state index contributed by atoms with van der Waals surface area (Å²) >= 11 is 0. The first-order valence-electron chi connectivity index (χ1n) is 8.30. The molecule has 0 saturated carbocycles. The van der Waals surface area contributed by atoms with E-state index in [1.165, 1.54) is 18.4 Å². The zero-order valence-corrected chi connectivity index (χ0v) is 13.6. The number of piperazine rings is 1. The molecule has 21 heavy (non-hydrogen) atoms. The van der Waals surface area contributed by atoms with Crippen molar-refractivity contribution >= 4 is 0 Å². The van der Waals surface area contributed by atoms with E-state index in [1.807, 2.05) is 12.1 Å². The molecule has 118 valence electrons. The standard InChI is InChI=1S/C18H29FN2/c1-4-18-12-20-17(11-14(2)3)13-21(18)10-9-15-5-7-16(19)8-6-15/h5-8,14,17-18,20H,4,9-13H2,1-3H3. The highest BCUT2D eigenvalue weighted by Crippen LogP contribution is 2.16. The molecular formula is C18H29FN2. The number of benzene rings is 1. The number of hydrogen-bond donors (Lipinski definition) is 1. The van der Waals surface area contributed by atoms with Gasteiger partial charge in [-0.2, -0.15) is 0 Å². The van der Waals surface area contributed by atoms with Crippen molar-refractivity contribution in [2.24, 2.45) is 5.92 Å². The Hall–Kier alpha value is -0.930. The number of nitrogens with one attached hydrogen (secondary N) is 1. The summed E-state index contributed by atoms with van der Waals surface area (Å²) in [5.41, 5.74) is 1.23. The molecule has 1 aliphatic heterocycles.